The summed E-state index contributed by atoms with van der Waals surface area (Å²) in [7, 11) is 0. The van der Waals surface area contributed by atoms with Gasteiger partial charge in [-0.25, -0.2) is 0 Å². The monoisotopic (exact) mass is 744 g/mol. The Morgan fingerprint density at radius 1 is 0.397 bits per heavy atom. The van der Waals surface area contributed by atoms with Gasteiger partial charge in [-0.15, -0.1) is 0 Å². The Morgan fingerprint density at radius 3 is 1.67 bits per heavy atom. The molecule has 9 aromatic carbocycles. The number of anilines is 6. The lowest BCUT2D eigenvalue weighted by Gasteiger charge is -2.45. The Morgan fingerprint density at radius 2 is 0.983 bits per heavy atom. The molecule has 3 nitrogen and oxygen atoms in total. The minimum Gasteiger partial charge on any atom is -0.453 e. The SMILES string of the molecule is CC1(C)c2ccccc2N2c3c(cc(-c4cccc(N(c5ccc(-c6ccccc6)cc5)c5ccc(-c6ccccc6)cc5)c4)cc31)Oc1ccc3ccccc3c12. The van der Waals surface area contributed by atoms with Crippen LogP contribution in [-0.2, 0) is 5.41 Å². The number of fused-ring (bicyclic) bond motifs is 6. The summed E-state index contributed by atoms with van der Waals surface area (Å²) in [4.78, 5) is 4.81. The van der Waals surface area contributed by atoms with E-state index in [0.717, 1.165) is 51.1 Å². The van der Waals surface area contributed by atoms with E-state index in [4.69, 9.17) is 4.74 Å². The number of ether oxygens (including phenoxy) is 1. The van der Waals surface area contributed by atoms with Gasteiger partial charge < -0.3 is 14.5 Å². The first-order valence-electron chi connectivity index (χ1n) is 20.0. The first kappa shape index (κ1) is 33.9. The van der Waals surface area contributed by atoms with Gasteiger partial charge in [0.15, 0.2) is 11.5 Å². The molecular formula is C55H40N2O. The highest BCUT2D eigenvalue weighted by Crippen LogP contribution is 2.62. The summed E-state index contributed by atoms with van der Waals surface area (Å²) in [5, 5.41) is 2.37. The predicted molar refractivity (Wildman–Crippen MR) is 242 cm³/mol. The molecule has 2 aliphatic heterocycles. The highest BCUT2D eigenvalue weighted by atomic mass is 16.5. The fourth-order valence-electron chi connectivity index (χ4n) is 9.06. The maximum absolute atomic E-state index is 6.96. The van der Waals surface area contributed by atoms with Crippen LogP contribution in [0.2, 0.25) is 0 Å². The fraction of sp³-hybridized carbons (Fsp3) is 0.0545. The standard InChI is InChI=1S/C55H40N2O/c1-55(2)48-22-11-12-23-50(48)57-53-47-21-10-9-18-41(47)28-33-51(53)58-52-36-43(35-49(55)54(52)57)42-19-13-20-46(34-42)56(44-29-24-39(25-30-44)37-14-5-3-6-15-37)45-31-26-40(27-32-45)38-16-7-4-8-17-38/h3-36H,1-2H3. The lowest BCUT2D eigenvalue weighted by atomic mass is 9.72. The summed E-state index contributed by atoms with van der Waals surface area (Å²) in [6, 6.07) is 74.2. The summed E-state index contributed by atoms with van der Waals surface area (Å²) in [5.41, 5.74) is 15.9. The Labute approximate surface area is 339 Å². The minimum absolute atomic E-state index is 0.275. The van der Waals surface area contributed by atoms with Gasteiger partial charge in [0.1, 0.15) is 0 Å². The van der Waals surface area contributed by atoms with Crippen molar-refractivity contribution < 1.29 is 4.74 Å². The third-order valence-electron chi connectivity index (χ3n) is 12.0. The van der Waals surface area contributed by atoms with Crippen LogP contribution in [0.5, 0.6) is 11.5 Å². The van der Waals surface area contributed by atoms with Crippen LogP contribution >= 0.6 is 0 Å². The molecule has 3 heteroatoms. The molecule has 0 unspecified atom stereocenters. The molecule has 0 spiro atoms. The Hall–Kier alpha value is -7.36. The van der Waals surface area contributed by atoms with Crippen molar-refractivity contribution in [2.75, 3.05) is 9.80 Å². The number of hydrogen-bond acceptors (Lipinski definition) is 3. The molecule has 0 N–H and O–H groups in total. The van der Waals surface area contributed by atoms with Crippen LogP contribution in [0.3, 0.4) is 0 Å². The van der Waals surface area contributed by atoms with Crippen LogP contribution in [0, 0.1) is 0 Å². The molecule has 0 saturated carbocycles. The molecule has 0 bridgehead atoms. The second-order valence-electron chi connectivity index (χ2n) is 15.8. The lowest BCUT2D eigenvalue weighted by molar-refractivity contribution is 0.472. The van der Waals surface area contributed by atoms with Crippen LogP contribution in [-0.4, -0.2) is 0 Å². The van der Waals surface area contributed by atoms with Gasteiger partial charge in [0, 0.05) is 27.9 Å². The number of para-hydroxylation sites is 1. The maximum atomic E-state index is 6.96. The minimum atomic E-state index is -0.275. The molecular weight excluding hydrogens is 705 g/mol. The van der Waals surface area contributed by atoms with Gasteiger partial charge in [0.05, 0.1) is 17.1 Å². The first-order chi connectivity index (χ1) is 28.5. The van der Waals surface area contributed by atoms with Crippen LogP contribution in [0.25, 0.3) is 44.2 Å². The molecule has 0 fully saturated rings. The molecule has 0 radical (unpaired) electrons. The normalized spacial score (nSPS) is 13.2. The maximum Gasteiger partial charge on any atom is 0.152 e. The van der Waals surface area contributed by atoms with E-state index >= 15 is 0 Å². The fourth-order valence-corrected chi connectivity index (χ4v) is 9.06. The first-order valence-corrected chi connectivity index (χ1v) is 20.0. The quantitative estimate of drug-likeness (QED) is 0.169. The molecule has 0 aromatic heterocycles. The third kappa shape index (κ3) is 5.50. The number of nitrogens with zero attached hydrogens (tertiary/aromatic N) is 2. The van der Waals surface area contributed by atoms with Crippen molar-refractivity contribution in [1.82, 2.24) is 0 Å². The molecule has 0 aliphatic carbocycles. The molecule has 58 heavy (non-hydrogen) atoms. The van der Waals surface area contributed by atoms with Gasteiger partial charge in [0.25, 0.3) is 0 Å². The van der Waals surface area contributed by atoms with Gasteiger partial charge in [-0.1, -0.05) is 159 Å². The highest BCUT2D eigenvalue weighted by molar-refractivity contribution is 6.06. The lowest BCUT2D eigenvalue weighted by Crippen LogP contribution is -2.32. The number of rotatable bonds is 6. The topological polar surface area (TPSA) is 15.7 Å². The van der Waals surface area contributed by atoms with E-state index in [9.17, 15) is 0 Å². The van der Waals surface area contributed by atoms with E-state index in [1.54, 1.807) is 0 Å². The molecule has 0 amide bonds. The summed E-state index contributed by atoms with van der Waals surface area (Å²) < 4.78 is 6.96. The average Bonchev–Trinajstić information content (AvgIpc) is 3.29. The zero-order valence-electron chi connectivity index (χ0n) is 32.4. The summed E-state index contributed by atoms with van der Waals surface area (Å²) in [6.45, 7) is 4.69. The van der Waals surface area contributed by atoms with Gasteiger partial charge in [-0.2, -0.15) is 0 Å². The van der Waals surface area contributed by atoms with E-state index in [1.165, 1.54) is 49.8 Å². The van der Waals surface area contributed by atoms with Crippen molar-refractivity contribution in [2.24, 2.45) is 0 Å². The molecule has 2 aliphatic rings. The number of hydrogen-bond donors (Lipinski definition) is 0. The van der Waals surface area contributed by atoms with Crippen LogP contribution < -0.4 is 14.5 Å². The molecule has 0 saturated heterocycles. The van der Waals surface area contributed by atoms with Crippen molar-refractivity contribution >= 4 is 44.9 Å². The summed E-state index contributed by atoms with van der Waals surface area (Å²) in [6.07, 6.45) is 0. The molecule has 9 aromatic rings. The van der Waals surface area contributed by atoms with Gasteiger partial charge >= 0.3 is 0 Å². The Balaban J connectivity index is 1.05. The van der Waals surface area contributed by atoms with Crippen molar-refractivity contribution in [1.29, 1.82) is 0 Å². The van der Waals surface area contributed by atoms with Crippen LogP contribution in [0.4, 0.5) is 34.1 Å². The Kier molecular flexibility index (Phi) is 7.84. The summed E-state index contributed by atoms with van der Waals surface area (Å²) in [5.74, 6) is 1.73. The summed E-state index contributed by atoms with van der Waals surface area (Å²) >= 11 is 0. The van der Waals surface area contributed by atoms with Gasteiger partial charge in [-0.3, -0.25) is 0 Å². The van der Waals surface area contributed by atoms with Crippen molar-refractivity contribution in [3.8, 4) is 44.9 Å². The van der Waals surface area contributed by atoms with Crippen molar-refractivity contribution in [3.63, 3.8) is 0 Å². The number of benzene rings is 9. The van der Waals surface area contributed by atoms with E-state index in [0.29, 0.717) is 0 Å². The second kappa shape index (κ2) is 13.4. The van der Waals surface area contributed by atoms with Crippen molar-refractivity contribution in [3.05, 3.63) is 217 Å². The average molecular weight is 745 g/mol. The van der Waals surface area contributed by atoms with Gasteiger partial charge in [0.2, 0.25) is 0 Å². The second-order valence-corrected chi connectivity index (χ2v) is 15.8. The molecule has 2 heterocycles. The molecule has 0 atom stereocenters. The molecule has 11 rings (SSSR count). The zero-order valence-corrected chi connectivity index (χ0v) is 32.4. The van der Waals surface area contributed by atoms with E-state index < -0.39 is 0 Å². The van der Waals surface area contributed by atoms with Crippen molar-refractivity contribution in [2.45, 2.75) is 19.3 Å². The largest absolute Gasteiger partial charge is 0.453 e. The van der Waals surface area contributed by atoms with E-state index in [1.807, 2.05) is 0 Å². The van der Waals surface area contributed by atoms with E-state index in [-0.39, 0.29) is 5.41 Å². The van der Waals surface area contributed by atoms with E-state index in [2.05, 4.69) is 230 Å². The van der Waals surface area contributed by atoms with Gasteiger partial charge in [-0.05, 0) is 111 Å². The zero-order chi connectivity index (χ0) is 38.8. The van der Waals surface area contributed by atoms with Crippen LogP contribution in [0.1, 0.15) is 25.0 Å². The Bertz CT molecular complexity index is 2910. The smallest absolute Gasteiger partial charge is 0.152 e. The molecule has 276 valence electrons. The highest BCUT2D eigenvalue weighted by Gasteiger charge is 2.42. The van der Waals surface area contributed by atoms with Crippen LogP contribution in [0.15, 0.2) is 206 Å². The predicted octanol–water partition coefficient (Wildman–Crippen LogP) is 15.5. The third-order valence-corrected chi connectivity index (χ3v) is 12.0.